The van der Waals surface area contributed by atoms with Crippen LogP contribution in [0.25, 0.3) is 11.3 Å². The Balaban J connectivity index is 1.38. The van der Waals surface area contributed by atoms with Crippen molar-refractivity contribution in [3.8, 4) is 17.0 Å². The molecule has 3 rings (SSSR count). The fourth-order valence-electron chi connectivity index (χ4n) is 2.75. The Morgan fingerprint density at radius 3 is 2.73 bits per heavy atom. The van der Waals surface area contributed by atoms with Crippen LogP contribution in [0, 0.1) is 0 Å². The van der Waals surface area contributed by atoms with Crippen molar-refractivity contribution in [1.29, 1.82) is 0 Å². The van der Waals surface area contributed by atoms with Crippen molar-refractivity contribution < 1.29 is 19.0 Å². The van der Waals surface area contributed by atoms with Gasteiger partial charge in [0.1, 0.15) is 5.75 Å². The average molecular weight is 376 g/mol. The van der Waals surface area contributed by atoms with E-state index in [1.807, 2.05) is 29.6 Å². The molecule has 1 amide bonds. The first-order valence-corrected chi connectivity index (χ1v) is 9.75. The van der Waals surface area contributed by atoms with E-state index in [2.05, 4.69) is 10.3 Å². The molecular weight excluding hydrogens is 352 g/mol. The van der Waals surface area contributed by atoms with E-state index >= 15 is 0 Å². The number of ether oxygens (including phenoxy) is 3. The Bertz CT molecular complexity index is 696. The van der Waals surface area contributed by atoms with Gasteiger partial charge in [0.05, 0.1) is 26.0 Å². The van der Waals surface area contributed by atoms with E-state index in [0.717, 1.165) is 42.7 Å². The maximum absolute atomic E-state index is 12.1. The molecule has 26 heavy (non-hydrogen) atoms. The lowest BCUT2D eigenvalue weighted by molar-refractivity contribution is -0.116. The van der Waals surface area contributed by atoms with Crippen LogP contribution in [0.15, 0.2) is 29.6 Å². The van der Waals surface area contributed by atoms with Gasteiger partial charge in [-0.2, -0.15) is 0 Å². The predicted molar refractivity (Wildman–Crippen MR) is 102 cm³/mol. The highest BCUT2D eigenvalue weighted by molar-refractivity contribution is 7.14. The number of thiazole rings is 1. The first kappa shape index (κ1) is 18.8. The highest BCUT2D eigenvalue weighted by Crippen LogP contribution is 2.26. The lowest BCUT2D eigenvalue weighted by Gasteiger charge is -2.08. The van der Waals surface area contributed by atoms with Crippen LogP contribution >= 0.6 is 11.3 Å². The number of carbonyl (C=O) groups is 1. The summed E-state index contributed by atoms with van der Waals surface area (Å²) in [7, 11) is 1.64. The molecule has 2 heterocycles. The van der Waals surface area contributed by atoms with Gasteiger partial charge in [-0.1, -0.05) is 6.42 Å². The topological polar surface area (TPSA) is 69.7 Å². The number of hydrogen-bond acceptors (Lipinski definition) is 6. The second-order valence-electron chi connectivity index (χ2n) is 6.09. The molecule has 0 spiro atoms. The Kier molecular flexibility index (Phi) is 6.99. The zero-order valence-electron chi connectivity index (χ0n) is 14.9. The molecule has 0 atom stereocenters. The number of amides is 1. The fourth-order valence-corrected chi connectivity index (χ4v) is 3.49. The maximum atomic E-state index is 12.1. The van der Waals surface area contributed by atoms with Crippen LogP contribution in [0.5, 0.6) is 5.75 Å². The Hall–Kier alpha value is -1.96. The summed E-state index contributed by atoms with van der Waals surface area (Å²) in [5.41, 5.74) is 1.85. The van der Waals surface area contributed by atoms with Gasteiger partial charge in [0.2, 0.25) is 5.91 Å². The number of aromatic nitrogens is 1. The molecule has 6 nitrogen and oxygen atoms in total. The van der Waals surface area contributed by atoms with Crippen LogP contribution in [0.3, 0.4) is 0 Å². The molecule has 0 unspecified atom stereocenters. The minimum atomic E-state index is -0.0458. The van der Waals surface area contributed by atoms with Crippen molar-refractivity contribution >= 4 is 22.4 Å². The number of hydrogen-bond donors (Lipinski definition) is 1. The van der Waals surface area contributed by atoms with Crippen molar-refractivity contribution in [2.45, 2.75) is 38.4 Å². The minimum absolute atomic E-state index is 0.00833. The lowest BCUT2D eigenvalue weighted by Crippen LogP contribution is -2.11. The fraction of sp³-hybridized carbons (Fsp3) is 0.474. The Labute approximate surface area is 157 Å². The second-order valence-corrected chi connectivity index (χ2v) is 6.94. The molecule has 1 saturated heterocycles. The highest BCUT2D eigenvalue weighted by atomic mass is 32.1. The molecule has 1 aromatic carbocycles. The van der Waals surface area contributed by atoms with Gasteiger partial charge in [-0.15, -0.1) is 11.3 Å². The number of nitrogens with zero attached hydrogens (tertiary/aromatic N) is 1. The molecule has 2 aromatic rings. The van der Waals surface area contributed by atoms with E-state index in [9.17, 15) is 4.79 Å². The summed E-state index contributed by atoms with van der Waals surface area (Å²) in [4.78, 5) is 16.5. The zero-order chi connectivity index (χ0) is 18.2. The molecular formula is C19H24N2O4S. The van der Waals surface area contributed by atoms with E-state index in [4.69, 9.17) is 14.2 Å². The first-order valence-electron chi connectivity index (χ1n) is 8.87. The predicted octanol–water partition coefficient (Wildman–Crippen LogP) is 4.08. The SMILES string of the molecule is COc1ccc(-c2csc(NC(=O)CCCCCC3OCCO3)n2)cc1. The third-order valence-electron chi connectivity index (χ3n) is 4.17. The molecule has 7 heteroatoms. The highest BCUT2D eigenvalue weighted by Gasteiger charge is 2.15. The molecule has 140 valence electrons. The first-order chi connectivity index (χ1) is 12.7. The van der Waals surface area contributed by atoms with Gasteiger partial charge in [-0.05, 0) is 43.5 Å². The van der Waals surface area contributed by atoms with Crippen LogP contribution in [-0.2, 0) is 14.3 Å². The van der Waals surface area contributed by atoms with Gasteiger partial charge >= 0.3 is 0 Å². The Morgan fingerprint density at radius 2 is 2.00 bits per heavy atom. The van der Waals surface area contributed by atoms with Gasteiger partial charge in [0.15, 0.2) is 11.4 Å². The van der Waals surface area contributed by atoms with Gasteiger partial charge in [0.25, 0.3) is 0 Å². The molecule has 1 aliphatic rings. The maximum Gasteiger partial charge on any atom is 0.226 e. The molecule has 1 aromatic heterocycles. The lowest BCUT2D eigenvalue weighted by atomic mass is 10.1. The summed E-state index contributed by atoms with van der Waals surface area (Å²) in [5.74, 6) is 0.817. The van der Waals surface area contributed by atoms with Crippen molar-refractivity contribution in [2.75, 3.05) is 25.6 Å². The van der Waals surface area contributed by atoms with Crippen LogP contribution in [0.4, 0.5) is 5.13 Å². The van der Waals surface area contributed by atoms with Crippen molar-refractivity contribution in [3.05, 3.63) is 29.6 Å². The molecule has 1 fully saturated rings. The minimum Gasteiger partial charge on any atom is -0.497 e. The third-order valence-corrected chi connectivity index (χ3v) is 4.93. The van der Waals surface area contributed by atoms with Gasteiger partial charge in [0, 0.05) is 17.4 Å². The summed E-state index contributed by atoms with van der Waals surface area (Å²) in [6.45, 7) is 1.39. The monoisotopic (exact) mass is 376 g/mol. The normalized spacial score (nSPS) is 14.5. The van der Waals surface area contributed by atoms with Crippen LogP contribution < -0.4 is 10.1 Å². The summed E-state index contributed by atoms with van der Waals surface area (Å²) < 4.78 is 15.9. The van der Waals surface area contributed by atoms with Crippen molar-refractivity contribution in [1.82, 2.24) is 4.98 Å². The molecule has 1 aliphatic heterocycles. The molecule has 0 aliphatic carbocycles. The summed E-state index contributed by atoms with van der Waals surface area (Å²) >= 11 is 1.44. The van der Waals surface area contributed by atoms with E-state index in [-0.39, 0.29) is 12.2 Å². The number of unbranched alkanes of at least 4 members (excludes halogenated alkanes) is 2. The van der Waals surface area contributed by atoms with Crippen molar-refractivity contribution in [2.24, 2.45) is 0 Å². The molecule has 0 bridgehead atoms. The third kappa shape index (κ3) is 5.52. The summed E-state index contributed by atoms with van der Waals surface area (Å²) in [5, 5.41) is 5.46. The van der Waals surface area contributed by atoms with Gasteiger partial charge in [-0.3, -0.25) is 4.79 Å². The molecule has 0 radical (unpaired) electrons. The second kappa shape index (κ2) is 9.66. The van der Waals surface area contributed by atoms with E-state index in [0.29, 0.717) is 24.8 Å². The van der Waals surface area contributed by atoms with Crippen LogP contribution in [0.2, 0.25) is 0 Å². The van der Waals surface area contributed by atoms with Crippen LogP contribution in [-0.4, -0.2) is 37.5 Å². The van der Waals surface area contributed by atoms with E-state index in [1.165, 1.54) is 11.3 Å². The summed E-state index contributed by atoms with van der Waals surface area (Å²) in [6, 6.07) is 7.71. The number of carbonyl (C=O) groups excluding carboxylic acids is 1. The van der Waals surface area contributed by atoms with E-state index in [1.54, 1.807) is 7.11 Å². The number of anilines is 1. The number of benzene rings is 1. The smallest absolute Gasteiger partial charge is 0.226 e. The van der Waals surface area contributed by atoms with Gasteiger partial charge in [-0.25, -0.2) is 4.98 Å². The Morgan fingerprint density at radius 1 is 1.23 bits per heavy atom. The van der Waals surface area contributed by atoms with Crippen molar-refractivity contribution in [3.63, 3.8) is 0 Å². The quantitative estimate of drug-likeness (QED) is 0.668. The number of rotatable bonds is 9. The van der Waals surface area contributed by atoms with Crippen LogP contribution in [0.1, 0.15) is 32.1 Å². The zero-order valence-corrected chi connectivity index (χ0v) is 15.7. The summed E-state index contributed by atoms with van der Waals surface area (Å²) in [6.07, 6.45) is 4.22. The number of nitrogens with one attached hydrogen (secondary N) is 1. The average Bonchev–Trinajstić information content (AvgIpc) is 3.33. The molecule has 0 saturated carbocycles. The largest absolute Gasteiger partial charge is 0.497 e. The molecule has 1 N–H and O–H groups in total. The van der Waals surface area contributed by atoms with E-state index < -0.39 is 0 Å². The standard InChI is InChI=1S/C19H24N2O4S/c1-23-15-9-7-14(8-10-15)16-13-26-19(20-16)21-17(22)5-3-2-4-6-18-24-11-12-25-18/h7-10,13,18H,2-6,11-12H2,1H3,(H,20,21,22). The van der Waals surface area contributed by atoms with Gasteiger partial charge < -0.3 is 19.5 Å². The number of methoxy groups -OCH3 is 1.